The van der Waals surface area contributed by atoms with E-state index in [2.05, 4.69) is 21.2 Å². The summed E-state index contributed by atoms with van der Waals surface area (Å²) in [5.74, 6) is -0.796. The van der Waals surface area contributed by atoms with Crippen LogP contribution in [0.4, 0.5) is 5.69 Å². The van der Waals surface area contributed by atoms with E-state index in [1.54, 1.807) is 56.3 Å². The summed E-state index contributed by atoms with van der Waals surface area (Å²) >= 11 is 3.39. The van der Waals surface area contributed by atoms with Gasteiger partial charge in [-0.25, -0.2) is 8.42 Å². The van der Waals surface area contributed by atoms with Gasteiger partial charge in [-0.2, -0.15) is 0 Å². The fourth-order valence-corrected chi connectivity index (χ4v) is 5.57. The molecule has 1 unspecified atom stereocenters. The van der Waals surface area contributed by atoms with Gasteiger partial charge >= 0.3 is 0 Å². The molecular formula is C27H30BrN3O4S. The minimum absolute atomic E-state index is 0.0694. The summed E-state index contributed by atoms with van der Waals surface area (Å²) in [5, 5.41) is 2.76. The van der Waals surface area contributed by atoms with Gasteiger partial charge in [0.15, 0.2) is 0 Å². The molecule has 0 bridgehead atoms. The Bertz CT molecular complexity index is 1320. The largest absolute Gasteiger partial charge is 0.355 e. The van der Waals surface area contributed by atoms with E-state index >= 15 is 0 Å². The van der Waals surface area contributed by atoms with Crippen molar-refractivity contribution in [3.05, 3.63) is 94.5 Å². The molecule has 3 aromatic carbocycles. The molecule has 36 heavy (non-hydrogen) atoms. The molecular weight excluding hydrogens is 542 g/mol. The van der Waals surface area contributed by atoms with Crippen molar-refractivity contribution in [3.8, 4) is 0 Å². The molecule has 0 fully saturated rings. The van der Waals surface area contributed by atoms with Crippen molar-refractivity contribution < 1.29 is 18.0 Å². The summed E-state index contributed by atoms with van der Waals surface area (Å²) < 4.78 is 29.1. The number of sulfonamides is 1. The second-order valence-corrected chi connectivity index (χ2v) is 11.1. The number of nitrogens with zero attached hydrogens (tertiary/aromatic N) is 2. The second kappa shape index (κ2) is 12.2. The van der Waals surface area contributed by atoms with E-state index in [0.717, 1.165) is 15.4 Å². The summed E-state index contributed by atoms with van der Waals surface area (Å²) in [4.78, 5) is 28.0. The first-order valence-electron chi connectivity index (χ1n) is 11.6. The topological polar surface area (TPSA) is 86.8 Å². The molecule has 190 valence electrons. The smallest absolute Gasteiger partial charge is 0.264 e. The number of amides is 2. The highest BCUT2D eigenvalue weighted by molar-refractivity contribution is 9.10. The Morgan fingerprint density at radius 3 is 2.28 bits per heavy atom. The molecule has 2 amide bonds. The van der Waals surface area contributed by atoms with Crippen LogP contribution in [0, 0.1) is 6.92 Å². The molecule has 0 radical (unpaired) electrons. The lowest BCUT2D eigenvalue weighted by molar-refractivity contribution is -0.139. The van der Waals surface area contributed by atoms with E-state index in [1.807, 2.05) is 31.2 Å². The SMILES string of the molecule is CCNC(=O)C(C)N(Cc1ccccc1C)C(=O)CN(c1cccc(Br)c1)S(=O)(=O)c1ccccc1. The molecule has 0 saturated heterocycles. The molecule has 0 aromatic heterocycles. The van der Waals surface area contributed by atoms with Crippen molar-refractivity contribution in [2.24, 2.45) is 0 Å². The maximum atomic E-state index is 13.8. The number of rotatable bonds is 10. The third-order valence-corrected chi connectivity index (χ3v) is 8.11. The molecule has 0 spiro atoms. The van der Waals surface area contributed by atoms with E-state index < -0.39 is 28.5 Å². The van der Waals surface area contributed by atoms with Crippen molar-refractivity contribution in [3.63, 3.8) is 0 Å². The second-order valence-electron chi connectivity index (χ2n) is 8.32. The number of halogens is 1. The Morgan fingerprint density at radius 1 is 0.972 bits per heavy atom. The fraction of sp³-hybridized carbons (Fsp3) is 0.259. The monoisotopic (exact) mass is 571 g/mol. The van der Waals surface area contributed by atoms with Gasteiger partial charge in [-0.15, -0.1) is 0 Å². The highest BCUT2D eigenvalue weighted by atomic mass is 79.9. The van der Waals surface area contributed by atoms with Crippen LogP contribution < -0.4 is 9.62 Å². The molecule has 7 nitrogen and oxygen atoms in total. The standard InChI is InChI=1S/C27H30BrN3O4S/c1-4-29-27(33)21(3)30(18-22-12-9-8-11-20(22)2)26(32)19-31(24-14-10-13-23(28)17-24)36(34,35)25-15-6-5-7-16-25/h5-17,21H,4,18-19H2,1-3H3,(H,29,33). The Hall–Kier alpha value is -3.17. The number of hydrogen-bond donors (Lipinski definition) is 1. The van der Waals surface area contributed by atoms with Gasteiger partial charge in [0.1, 0.15) is 12.6 Å². The Morgan fingerprint density at radius 2 is 1.64 bits per heavy atom. The molecule has 0 saturated carbocycles. The summed E-state index contributed by atoms with van der Waals surface area (Å²) in [6, 6.07) is 21.5. The van der Waals surface area contributed by atoms with Crippen LogP contribution in [0.15, 0.2) is 88.2 Å². The van der Waals surface area contributed by atoms with Gasteiger partial charge in [-0.05, 0) is 62.2 Å². The number of likely N-dealkylation sites (N-methyl/N-ethyl adjacent to an activating group) is 1. The number of nitrogens with one attached hydrogen (secondary N) is 1. The normalized spacial score (nSPS) is 12.0. The van der Waals surface area contributed by atoms with Crippen molar-refractivity contribution in [1.82, 2.24) is 10.2 Å². The van der Waals surface area contributed by atoms with Crippen molar-refractivity contribution in [1.29, 1.82) is 0 Å². The lowest BCUT2D eigenvalue weighted by Crippen LogP contribution is -2.51. The van der Waals surface area contributed by atoms with Gasteiger partial charge < -0.3 is 10.2 Å². The first kappa shape index (κ1) is 27.4. The van der Waals surface area contributed by atoms with Crippen LogP contribution in [0.2, 0.25) is 0 Å². The maximum absolute atomic E-state index is 13.8. The quantitative estimate of drug-likeness (QED) is 0.388. The van der Waals surface area contributed by atoms with Crippen LogP contribution in [0.3, 0.4) is 0 Å². The third-order valence-electron chi connectivity index (χ3n) is 5.83. The average Bonchev–Trinajstić information content (AvgIpc) is 2.86. The molecule has 0 aliphatic heterocycles. The fourth-order valence-electron chi connectivity index (χ4n) is 3.76. The van der Waals surface area contributed by atoms with Gasteiger partial charge in [0.05, 0.1) is 10.6 Å². The van der Waals surface area contributed by atoms with Gasteiger partial charge in [-0.1, -0.05) is 64.5 Å². The van der Waals surface area contributed by atoms with E-state index in [-0.39, 0.29) is 17.3 Å². The molecule has 1 N–H and O–H groups in total. The number of hydrogen-bond acceptors (Lipinski definition) is 4. The summed E-state index contributed by atoms with van der Waals surface area (Å²) in [6.45, 7) is 5.51. The minimum atomic E-state index is -4.07. The molecule has 9 heteroatoms. The van der Waals surface area contributed by atoms with Crippen LogP contribution in [-0.4, -0.2) is 44.3 Å². The lowest BCUT2D eigenvalue weighted by Gasteiger charge is -2.32. The van der Waals surface area contributed by atoms with E-state index in [4.69, 9.17) is 0 Å². The predicted octanol–water partition coefficient (Wildman–Crippen LogP) is 4.51. The van der Waals surface area contributed by atoms with Gasteiger partial charge in [0.2, 0.25) is 11.8 Å². The number of carbonyl (C=O) groups is 2. The first-order chi connectivity index (χ1) is 17.1. The van der Waals surface area contributed by atoms with Crippen LogP contribution >= 0.6 is 15.9 Å². The summed E-state index contributed by atoms with van der Waals surface area (Å²) in [7, 11) is -4.07. The van der Waals surface area contributed by atoms with Crippen molar-refractivity contribution >= 4 is 43.5 Å². The third kappa shape index (κ3) is 6.53. The number of anilines is 1. The van der Waals surface area contributed by atoms with Gasteiger partial charge in [0.25, 0.3) is 10.0 Å². The Balaban J connectivity index is 2.03. The van der Waals surface area contributed by atoms with Gasteiger partial charge in [0, 0.05) is 17.6 Å². The number of aryl methyl sites for hydroxylation is 1. The average molecular weight is 573 g/mol. The van der Waals surface area contributed by atoms with Gasteiger partial charge in [-0.3, -0.25) is 13.9 Å². The molecule has 1 atom stereocenters. The maximum Gasteiger partial charge on any atom is 0.264 e. The first-order valence-corrected chi connectivity index (χ1v) is 13.8. The lowest BCUT2D eigenvalue weighted by atomic mass is 10.1. The van der Waals surface area contributed by atoms with Crippen molar-refractivity contribution in [2.45, 2.75) is 38.3 Å². The van der Waals surface area contributed by atoms with E-state index in [9.17, 15) is 18.0 Å². The summed E-state index contributed by atoms with van der Waals surface area (Å²) in [5.41, 5.74) is 2.18. The zero-order valence-corrected chi connectivity index (χ0v) is 22.9. The summed E-state index contributed by atoms with van der Waals surface area (Å²) in [6.07, 6.45) is 0. The molecule has 3 aromatic rings. The van der Waals surface area contributed by atoms with Crippen LogP contribution in [0.25, 0.3) is 0 Å². The molecule has 3 rings (SSSR count). The van der Waals surface area contributed by atoms with Crippen LogP contribution in [0.1, 0.15) is 25.0 Å². The number of benzene rings is 3. The van der Waals surface area contributed by atoms with E-state index in [1.165, 1.54) is 17.0 Å². The Labute approximate surface area is 221 Å². The molecule has 0 aliphatic rings. The highest BCUT2D eigenvalue weighted by Crippen LogP contribution is 2.27. The van der Waals surface area contributed by atoms with Crippen LogP contribution in [0.5, 0.6) is 0 Å². The molecule has 0 heterocycles. The zero-order valence-electron chi connectivity index (χ0n) is 20.5. The number of carbonyl (C=O) groups excluding carboxylic acids is 2. The Kier molecular flexibility index (Phi) is 9.28. The van der Waals surface area contributed by atoms with E-state index in [0.29, 0.717) is 16.7 Å². The zero-order chi connectivity index (χ0) is 26.3. The highest BCUT2D eigenvalue weighted by Gasteiger charge is 2.32. The minimum Gasteiger partial charge on any atom is -0.355 e. The van der Waals surface area contributed by atoms with Crippen LogP contribution in [-0.2, 0) is 26.2 Å². The molecule has 0 aliphatic carbocycles. The predicted molar refractivity (Wildman–Crippen MR) is 145 cm³/mol. The van der Waals surface area contributed by atoms with Crippen molar-refractivity contribution in [2.75, 3.05) is 17.4 Å².